The van der Waals surface area contributed by atoms with Crippen molar-refractivity contribution in [2.24, 2.45) is 17.3 Å². The number of esters is 1. The predicted molar refractivity (Wildman–Crippen MR) is 114 cm³/mol. The van der Waals surface area contributed by atoms with Gasteiger partial charge >= 0.3 is 41.7 Å². The first-order valence-electron chi connectivity index (χ1n) is 9.28. The zero-order valence-corrected chi connectivity index (χ0v) is 17.1. The van der Waals surface area contributed by atoms with Crippen LogP contribution in [0.25, 0.3) is 11.1 Å². The van der Waals surface area contributed by atoms with Crippen molar-refractivity contribution in [3.05, 3.63) is 70.8 Å². The van der Waals surface area contributed by atoms with Crippen LogP contribution in [-0.4, -0.2) is 41.7 Å². The Morgan fingerprint density at radius 2 is 1.77 bits per heavy atom. The van der Waals surface area contributed by atoms with Crippen LogP contribution in [0.4, 0.5) is 13.2 Å². The molecule has 1 aliphatic rings. The summed E-state index contributed by atoms with van der Waals surface area (Å²) in [6, 6.07) is 15.6. The predicted octanol–water partition coefficient (Wildman–Crippen LogP) is 6.01. The molecule has 0 saturated heterocycles. The second kappa shape index (κ2) is 9.47. The summed E-state index contributed by atoms with van der Waals surface area (Å²) in [6.07, 6.45) is -3.68. The van der Waals surface area contributed by atoms with E-state index in [4.69, 9.17) is 16.3 Å². The normalized spacial score (nSPS) is 20.3. The molecule has 7 heteroatoms. The van der Waals surface area contributed by atoms with Crippen molar-refractivity contribution in [1.82, 2.24) is 0 Å². The van der Waals surface area contributed by atoms with E-state index in [1.807, 2.05) is 55.5 Å². The summed E-state index contributed by atoms with van der Waals surface area (Å²) in [7, 11) is 0. The van der Waals surface area contributed by atoms with Gasteiger partial charge in [-0.2, -0.15) is 13.2 Å². The third kappa shape index (κ3) is 5.31. The van der Waals surface area contributed by atoms with Crippen molar-refractivity contribution in [1.29, 1.82) is 0 Å². The number of carbonyl (C=O) groups is 1. The van der Waals surface area contributed by atoms with Gasteiger partial charge in [0.1, 0.15) is 11.6 Å². The topological polar surface area (TPSA) is 26.3 Å². The number of benzene rings is 2. The van der Waals surface area contributed by atoms with Crippen molar-refractivity contribution in [2.75, 3.05) is 0 Å². The second-order valence-electron chi connectivity index (χ2n) is 7.90. The van der Waals surface area contributed by atoms with Crippen LogP contribution in [0.3, 0.4) is 0 Å². The molecule has 1 aliphatic carbocycles. The molecule has 2 unspecified atom stereocenters. The van der Waals surface area contributed by atoms with Gasteiger partial charge in [0.15, 0.2) is 0 Å². The van der Waals surface area contributed by atoms with Gasteiger partial charge in [-0.3, -0.25) is 4.79 Å². The Bertz CT molecular complexity index is 939. The van der Waals surface area contributed by atoms with Crippen LogP contribution in [0.15, 0.2) is 59.6 Å². The zero-order valence-electron chi connectivity index (χ0n) is 16.4. The van der Waals surface area contributed by atoms with Crippen LogP contribution >= 0.6 is 11.6 Å². The summed E-state index contributed by atoms with van der Waals surface area (Å²) in [5, 5.41) is -1.20. The molecule has 1 saturated carbocycles. The van der Waals surface area contributed by atoms with Gasteiger partial charge in [0, 0.05) is 0 Å². The maximum absolute atomic E-state index is 12.7. The van der Waals surface area contributed by atoms with Gasteiger partial charge in [0.2, 0.25) is 0 Å². The van der Waals surface area contributed by atoms with Gasteiger partial charge in [0.25, 0.3) is 0 Å². The van der Waals surface area contributed by atoms with Gasteiger partial charge < -0.3 is 4.74 Å². The number of ether oxygens (including phenoxy) is 1. The molecule has 0 aromatic heterocycles. The fourth-order valence-electron chi connectivity index (χ4n) is 3.70. The molecule has 156 valence electrons. The summed E-state index contributed by atoms with van der Waals surface area (Å²) in [5.74, 6) is -1.75. The third-order valence-electron chi connectivity index (χ3n) is 5.66. The van der Waals surface area contributed by atoms with Gasteiger partial charge in [-0.05, 0) is 40.5 Å². The van der Waals surface area contributed by atoms with E-state index in [0.29, 0.717) is 0 Å². The number of allylic oxidation sites excluding steroid dienone is 2. The van der Waals surface area contributed by atoms with E-state index in [9.17, 15) is 18.0 Å². The van der Waals surface area contributed by atoms with Crippen molar-refractivity contribution in [2.45, 2.75) is 33.6 Å². The van der Waals surface area contributed by atoms with Crippen LogP contribution < -0.4 is 0 Å². The van der Waals surface area contributed by atoms with E-state index in [0.717, 1.165) is 28.3 Å². The molecule has 2 aromatic rings. The average Bonchev–Trinajstić information content (AvgIpc) is 3.20. The monoisotopic (exact) mass is 446 g/mol. The number of carbonyl (C=O) groups excluding carboxylic acids is 1. The van der Waals surface area contributed by atoms with Gasteiger partial charge in [0.05, 0.1) is 5.92 Å². The van der Waals surface area contributed by atoms with Gasteiger partial charge in [-0.25, -0.2) is 0 Å². The molecule has 30 heavy (non-hydrogen) atoms. The Hall–Kier alpha value is -1.27. The number of hydrogen-bond acceptors (Lipinski definition) is 2. The number of halogens is 4. The first kappa shape index (κ1) is 25.0. The van der Waals surface area contributed by atoms with Crippen molar-refractivity contribution >= 4 is 47.1 Å². The fraction of sp³-hybridized carbons (Fsp3) is 0.348. The Kier molecular flexibility index (Phi) is 7.89. The van der Waals surface area contributed by atoms with E-state index in [1.165, 1.54) is 0 Å². The molecule has 2 nitrogen and oxygen atoms in total. The molecular formula is C23H23ClF3NaO2. The fourth-order valence-corrected chi connectivity index (χ4v) is 3.84. The van der Waals surface area contributed by atoms with Crippen LogP contribution in [0.1, 0.15) is 25.0 Å². The van der Waals surface area contributed by atoms with Gasteiger partial charge in [-0.1, -0.05) is 80.1 Å². The first-order chi connectivity index (χ1) is 13.5. The summed E-state index contributed by atoms with van der Waals surface area (Å²) >= 11 is 5.34. The summed E-state index contributed by atoms with van der Waals surface area (Å²) in [4.78, 5) is 12.5. The molecule has 0 spiro atoms. The number of rotatable bonds is 5. The molecular weight excluding hydrogens is 424 g/mol. The van der Waals surface area contributed by atoms with Crippen molar-refractivity contribution < 1.29 is 22.7 Å². The van der Waals surface area contributed by atoms with Crippen molar-refractivity contribution in [3.63, 3.8) is 0 Å². The van der Waals surface area contributed by atoms with E-state index < -0.39 is 34.4 Å². The Morgan fingerprint density at radius 1 is 1.13 bits per heavy atom. The quantitative estimate of drug-likeness (QED) is 0.415. The summed E-state index contributed by atoms with van der Waals surface area (Å²) in [6.45, 7) is 5.51. The minimum atomic E-state index is -4.61. The molecule has 2 atom stereocenters. The minimum absolute atomic E-state index is 0. The van der Waals surface area contributed by atoms with Crippen LogP contribution in [-0.2, 0) is 16.1 Å². The third-order valence-corrected chi connectivity index (χ3v) is 6.00. The molecule has 0 heterocycles. The van der Waals surface area contributed by atoms with Crippen molar-refractivity contribution in [3.8, 4) is 11.1 Å². The van der Waals surface area contributed by atoms with Gasteiger partial charge in [-0.15, -0.1) is 0 Å². The first-order valence-corrected chi connectivity index (χ1v) is 9.66. The molecule has 2 aromatic carbocycles. The molecule has 1 fully saturated rings. The average molecular weight is 447 g/mol. The number of hydrogen-bond donors (Lipinski definition) is 0. The molecule has 0 aliphatic heterocycles. The summed E-state index contributed by atoms with van der Waals surface area (Å²) in [5.41, 5.74) is 3.34. The van der Waals surface area contributed by atoms with Crippen LogP contribution in [0.2, 0.25) is 0 Å². The Morgan fingerprint density at radius 3 is 2.37 bits per heavy atom. The van der Waals surface area contributed by atoms with E-state index in [2.05, 4.69) is 0 Å². The molecule has 0 bridgehead atoms. The molecule has 3 rings (SSSR count). The summed E-state index contributed by atoms with van der Waals surface area (Å²) < 4.78 is 43.5. The Labute approximate surface area is 201 Å². The maximum atomic E-state index is 12.7. The van der Waals surface area contributed by atoms with Crippen LogP contribution in [0.5, 0.6) is 0 Å². The molecule has 0 N–H and O–H groups in total. The molecule has 0 amide bonds. The van der Waals surface area contributed by atoms with E-state index in [-0.39, 0.29) is 36.2 Å². The SMILES string of the molecule is Cc1c(COC(=O)C2C(C=C(Cl)C(F)(F)F)C2(C)C)cccc1-c1ccccc1.[NaH]. The number of alkyl halides is 3. The standard InChI is InChI=1S/C23H22ClF3O2.Na.H/c1-14-16(10-7-11-17(14)15-8-5-4-6-9-15)13-29-21(28)20-18(22(20,2)3)12-19(24)23(25,26)27;;/h4-12,18,20H,13H2,1-3H3;;. The zero-order chi connectivity index (χ0) is 21.4. The second-order valence-corrected chi connectivity index (χ2v) is 8.31. The van der Waals surface area contributed by atoms with E-state index >= 15 is 0 Å². The van der Waals surface area contributed by atoms with Crippen LogP contribution in [0, 0.1) is 24.2 Å². The Balaban J connectivity index is 0.00000320. The van der Waals surface area contributed by atoms with E-state index in [1.54, 1.807) is 13.8 Å². The molecule has 0 radical (unpaired) electrons.